The number of hydrogen-bond donors (Lipinski definition) is 1. The van der Waals surface area contributed by atoms with E-state index in [0.717, 1.165) is 25.9 Å². The van der Waals surface area contributed by atoms with Crippen molar-refractivity contribution in [3.63, 3.8) is 0 Å². The maximum Gasteiger partial charge on any atom is 0.0522 e. The first-order valence-corrected chi connectivity index (χ1v) is 4.62. The summed E-state index contributed by atoms with van der Waals surface area (Å²) in [4.78, 5) is 0. The van der Waals surface area contributed by atoms with Crippen LogP contribution in [0.4, 0.5) is 0 Å². The zero-order valence-electron chi connectivity index (χ0n) is 8.16. The molecule has 1 aromatic rings. The van der Waals surface area contributed by atoms with E-state index < -0.39 is 0 Å². The van der Waals surface area contributed by atoms with E-state index in [0.29, 0.717) is 0 Å². The number of hydrogen-bond acceptors (Lipinski definition) is 2. The summed E-state index contributed by atoms with van der Waals surface area (Å²) in [6, 6.07) is 0. The Morgan fingerprint density at radius 1 is 1.62 bits per heavy atom. The molecule has 1 rings (SSSR count). The van der Waals surface area contributed by atoms with Crippen molar-refractivity contribution >= 4 is 0 Å². The van der Waals surface area contributed by atoms with E-state index in [1.165, 1.54) is 5.56 Å². The largest absolute Gasteiger partial charge is 0.316 e. The average Bonchev–Trinajstić information content (AvgIpc) is 2.51. The minimum Gasteiger partial charge on any atom is -0.316 e. The second-order valence-electron chi connectivity index (χ2n) is 3.10. The van der Waals surface area contributed by atoms with Crippen LogP contribution in [0.1, 0.15) is 12.0 Å². The second kappa shape index (κ2) is 5.54. The summed E-state index contributed by atoms with van der Waals surface area (Å²) in [5.41, 5.74) is 1.29. The third-order valence-electron chi connectivity index (χ3n) is 1.87. The Hall–Kier alpha value is -1.09. The van der Waals surface area contributed by atoms with E-state index in [4.69, 9.17) is 0 Å². The molecule has 1 heterocycles. The first kappa shape index (κ1) is 9.99. The van der Waals surface area contributed by atoms with Crippen molar-refractivity contribution in [3.8, 4) is 0 Å². The minimum atomic E-state index is 1.01. The fourth-order valence-corrected chi connectivity index (χ4v) is 1.16. The maximum atomic E-state index is 4.10. The molecule has 1 N–H and O–H groups in total. The van der Waals surface area contributed by atoms with E-state index in [-0.39, 0.29) is 0 Å². The summed E-state index contributed by atoms with van der Waals surface area (Å²) in [7, 11) is 1.94. The quantitative estimate of drug-likeness (QED) is 0.524. The third kappa shape index (κ3) is 3.90. The van der Waals surface area contributed by atoms with Gasteiger partial charge in [0.05, 0.1) is 6.20 Å². The van der Waals surface area contributed by atoms with Crippen molar-refractivity contribution in [2.24, 2.45) is 7.05 Å². The van der Waals surface area contributed by atoms with Crippen LogP contribution in [-0.2, 0) is 13.5 Å². The number of rotatable bonds is 6. The van der Waals surface area contributed by atoms with E-state index >= 15 is 0 Å². The van der Waals surface area contributed by atoms with Crippen LogP contribution in [0.2, 0.25) is 0 Å². The van der Waals surface area contributed by atoms with Crippen molar-refractivity contribution in [3.05, 3.63) is 30.6 Å². The molecule has 1 aromatic heterocycles. The molecule has 0 radical (unpaired) electrons. The molecule has 3 heteroatoms. The number of aryl methyl sites for hydroxylation is 1. The predicted molar refractivity (Wildman–Crippen MR) is 54.6 cm³/mol. The summed E-state index contributed by atoms with van der Waals surface area (Å²) in [6.45, 7) is 5.70. The van der Waals surface area contributed by atoms with E-state index in [1.807, 2.05) is 24.0 Å². The lowest BCUT2D eigenvalue weighted by Crippen LogP contribution is -2.17. The van der Waals surface area contributed by atoms with Gasteiger partial charge < -0.3 is 5.32 Å². The monoisotopic (exact) mass is 179 g/mol. The van der Waals surface area contributed by atoms with Crippen LogP contribution in [-0.4, -0.2) is 22.9 Å². The topological polar surface area (TPSA) is 29.9 Å². The molecule has 3 nitrogen and oxygen atoms in total. The molecule has 72 valence electrons. The Kier molecular flexibility index (Phi) is 4.26. The fourth-order valence-electron chi connectivity index (χ4n) is 1.16. The highest BCUT2D eigenvalue weighted by Gasteiger charge is 1.94. The zero-order valence-corrected chi connectivity index (χ0v) is 8.16. The summed E-state index contributed by atoms with van der Waals surface area (Å²) in [5, 5.41) is 7.44. The van der Waals surface area contributed by atoms with Gasteiger partial charge in [-0.15, -0.1) is 6.58 Å². The highest BCUT2D eigenvalue weighted by molar-refractivity contribution is 5.03. The van der Waals surface area contributed by atoms with Crippen LogP contribution in [0.5, 0.6) is 0 Å². The molecule has 0 spiro atoms. The molecular weight excluding hydrogens is 162 g/mol. The molecule has 13 heavy (non-hydrogen) atoms. The van der Waals surface area contributed by atoms with Crippen molar-refractivity contribution in [2.45, 2.75) is 12.8 Å². The van der Waals surface area contributed by atoms with Gasteiger partial charge in [0.15, 0.2) is 0 Å². The number of nitrogens with one attached hydrogen (secondary N) is 1. The SMILES string of the molecule is C=CCCNCCc1cnn(C)c1. The molecule has 0 aliphatic carbocycles. The van der Waals surface area contributed by atoms with Crippen molar-refractivity contribution < 1.29 is 0 Å². The molecule has 0 aliphatic heterocycles. The van der Waals surface area contributed by atoms with Gasteiger partial charge in [0.25, 0.3) is 0 Å². The normalized spacial score (nSPS) is 10.2. The molecule has 0 aromatic carbocycles. The van der Waals surface area contributed by atoms with Gasteiger partial charge in [-0.3, -0.25) is 4.68 Å². The summed E-state index contributed by atoms with van der Waals surface area (Å²) in [6.07, 6.45) is 7.97. The minimum absolute atomic E-state index is 1.01. The van der Waals surface area contributed by atoms with Crippen LogP contribution in [0.15, 0.2) is 25.0 Å². The van der Waals surface area contributed by atoms with E-state index in [9.17, 15) is 0 Å². The van der Waals surface area contributed by atoms with Crippen LogP contribution in [0, 0.1) is 0 Å². The molecule has 0 saturated carbocycles. The smallest absolute Gasteiger partial charge is 0.0522 e. The van der Waals surface area contributed by atoms with Crippen LogP contribution in [0.25, 0.3) is 0 Å². The Morgan fingerprint density at radius 3 is 3.08 bits per heavy atom. The van der Waals surface area contributed by atoms with Gasteiger partial charge in [-0.25, -0.2) is 0 Å². The number of aromatic nitrogens is 2. The molecule has 0 unspecified atom stereocenters. The maximum absolute atomic E-state index is 4.10. The molecule has 0 bridgehead atoms. The molecule has 0 atom stereocenters. The lowest BCUT2D eigenvalue weighted by Gasteiger charge is -1.99. The van der Waals surface area contributed by atoms with Gasteiger partial charge in [-0.1, -0.05) is 6.08 Å². The summed E-state index contributed by atoms with van der Waals surface area (Å²) >= 11 is 0. The van der Waals surface area contributed by atoms with Crippen LogP contribution in [0.3, 0.4) is 0 Å². The summed E-state index contributed by atoms with van der Waals surface area (Å²) in [5.74, 6) is 0. The van der Waals surface area contributed by atoms with Gasteiger partial charge >= 0.3 is 0 Å². The highest BCUT2D eigenvalue weighted by atomic mass is 15.2. The zero-order chi connectivity index (χ0) is 9.52. The van der Waals surface area contributed by atoms with Crippen LogP contribution >= 0.6 is 0 Å². The average molecular weight is 179 g/mol. The van der Waals surface area contributed by atoms with E-state index in [2.05, 4.69) is 23.2 Å². The number of nitrogens with zero attached hydrogens (tertiary/aromatic N) is 2. The molecule has 0 fully saturated rings. The third-order valence-corrected chi connectivity index (χ3v) is 1.87. The van der Waals surface area contributed by atoms with Gasteiger partial charge in [0, 0.05) is 13.2 Å². The Morgan fingerprint density at radius 2 is 2.46 bits per heavy atom. The van der Waals surface area contributed by atoms with Gasteiger partial charge in [0.1, 0.15) is 0 Å². The standard InChI is InChI=1S/C10H17N3/c1-3-4-6-11-7-5-10-8-12-13(2)9-10/h3,8-9,11H,1,4-7H2,2H3. The van der Waals surface area contributed by atoms with Crippen molar-refractivity contribution in [1.29, 1.82) is 0 Å². The molecule has 0 amide bonds. The molecular formula is C10H17N3. The first-order chi connectivity index (χ1) is 6.33. The fraction of sp³-hybridized carbons (Fsp3) is 0.500. The Labute approximate surface area is 79.5 Å². The van der Waals surface area contributed by atoms with Gasteiger partial charge in [0.2, 0.25) is 0 Å². The van der Waals surface area contributed by atoms with Gasteiger partial charge in [-0.2, -0.15) is 5.10 Å². The predicted octanol–water partition coefficient (Wildman–Crippen LogP) is 1.13. The van der Waals surface area contributed by atoms with Crippen molar-refractivity contribution in [1.82, 2.24) is 15.1 Å². The molecule has 0 saturated heterocycles. The van der Waals surface area contributed by atoms with Gasteiger partial charge in [-0.05, 0) is 31.5 Å². The van der Waals surface area contributed by atoms with Crippen molar-refractivity contribution in [2.75, 3.05) is 13.1 Å². The molecule has 0 aliphatic rings. The first-order valence-electron chi connectivity index (χ1n) is 4.62. The highest BCUT2D eigenvalue weighted by Crippen LogP contribution is 1.95. The lowest BCUT2D eigenvalue weighted by atomic mass is 10.2. The van der Waals surface area contributed by atoms with E-state index in [1.54, 1.807) is 0 Å². The Bertz CT molecular complexity index is 252. The second-order valence-corrected chi connectivity index (χ2v) is 3.10. The lowest BCUT2D eigenvalue weighted by molar-refractivity contribution is 0.689. The van der Waals surface area contributed by atoms with Crippen LogP contribution < -0.4 is 5.32 Å². The summed E-state index contributed by atoms with van der Waals surface area (Å²) < 4.78 is 1.83. The Balaban J connectivity index is 2.09.